The van der Waals surface area contributed by atoms with Crippen LogP contribution < -0.4 is 0 Å². The molecule has 0 spiro atoms. The minimum Gasteiger partial charge on any atom is -0.371 e. The fourth-order valence-corrected chi connectivity index (χ4v) is 2.22. The predicted octanol–water partition coefficient (Wildman–Crippen LogP) is 3.36. The summed E-state index contributed by atoms with van der Waals surface area (Å²) in [6.45, 7) is 6.66. The number of fused-ring (bicyclic) bond motifs is 1. The summed E-state index contributed by atoms with van der Waals surface area (Å²) in [4.78, 5) is 2.48. The number of rotatable bonds is 2. The van der Waals surface area contributed by atoms with Crippen molar-refractivity contribution in [2.75, 3.05) is 6.54 Å². The zero-order chi connectivity index (χ0) is 10.7. The van der Waals surface area contributed by atoms with Crippen molar-refractivity contribution in [3.63, 3.8) is 0 Å². The van der Waals surface area contributed by atoms with Crippen LogP contribution in [0.2, 0.25) is 0 Å². The highest BCUT2D eigenvalue weighted by molar-refractivity contribution is 5.30. The molecule has 2 rings (SSSR count). The summed E-state index contributed by atoms with van der Waals surface area (Å²) in [6.07, 6.45) is 4.63. The molecule has 1 aliphatic heterocycles. The second-order valence-corrected chi connectivity index (χ2v) is 4.19. The third-order valence-corrected chi connectivity index (χ3v) is 3.13. The maximum atomic E-state index is 2.48. The number of allylic oxidation sites excluding steroid dienone is 2. The van der Waals surface area contributed by atoms with Gasteiger partial charge in [-0.15, -0.1) is 0 Å². The van der Waals surface area contributed by atoms with Crippen molar-refractivity contribution in [2.24, 2.45) is 0 Å². The lowest BCUT2D eigenvalue weighted by Gasteiger charge is -2.31. The maximum Gasteiger partial charge on any atom is 0.0429 e. The van der Waals surface area contributed by atoms with Gasteiger partial charge >= 0.3 is 0 Å². The van der Waals surface area contributed by atoms with Gasteiger partial charge in [0, 0.05) is 18.8 Å². The molecule has 0 saturated carbocycles. The largest absolute Gasteiger partial charge is 0.371 e. The molecule has 0 unspecified atom stereocenters. The Balaban J connectivity index is 2.15. The second kappa shape index (κ2) is 4.52. The van der Waals surface area contributed by atoms with Crippen LogP contribution in [-0.2, 0) is 13.0 Å². The van der Waals surface area contributed by atoms with E-state index < -0.39 is 0 Å². The van der Waals surface area contributed by atoms with Crippen molar-refractivity contribution >= 4 is 0 Å². The SMILES string of the molecule is CC/C=C(\C)N1CCc2ccccc2C1. The van der Waals surface area contributed by atoms with Crippen molar-refractivity contribution in [3.8, 4) is 0 Å². The highest BCUT2D eigenvalue weighted by Gasteiger charge is 2.14. The van der Waals surface area contributed by atoms with Gasteiger partial charge in [0.1, 0.15) is 0 Å². The van der Waals surface area contributed by atoms with Gasteiger partial charge in [-0.2, -0.15) is 0 Å². The van der Waals surface area contributed by atoms with E-state index in [4.69, 9.17) is 0 Å². The lowest BCUT2D eigenvalue weighted by molar-refractivity contribution is 0.322. The first-order valence-corrected chi connectivity index (χ1v) is 5.79. The van der Waals surface area contributed by atoms with Crippen LogP contribution in [0.4, 0.5) is 0 Å². The minimum absolute atomic E-state index is 1.08. The van der Waals surface area contributed by atoms with Crippen LogP contribution in [-0.4, -0.2) is 11.4 Å². The Labute approximate surface area is 92.4 Å². The molecular weight excluding hydrogens is 182 g/mol. The summed E-state index contributed by atoms with van der Waals surface area (Å²) in [7, 11) is 0. The van der Waals surface area contributed by atoms with Gasteiger partial charge in [0.15, 0.2) is 0 Å². The van der Waals surface area contributed by atoms with E-state index in [0.29, 0.717) is 0 Å². The molecule has 1 aliphatic rings. The number of benzene rings is 1. The van der Waals surface area contributed by atoms with E-state index in [1.54, 1.807) is 0 Å². The monoisotopic (exact) mass is 201 g/mol. The smallest absolute Gasteiger partial charge is 0.0429 e. The van der Waals surface area contributed by atoms with Crippen LogP contribution in [0.3, 0.4) is 0 Å². The number of hydrogen-bond acceptors (Lipinski definition) is 1. The Bertz CT molecular complexity index is 365. The van der Waals surface area contributed by atoms with E-state index in [9.17, 15) is 0 Å². The fraction of sp³-hybridized carbons (Fsp3) is 0.429. The van der Waals surface area contributed by atoms with E-state index in [-0.39, 0.29) is 0 Å². The Morgan fingerprint density at radius 3 is 2.80 bits per heavy atom. The lowest BCUT2D eigenvalue weighted by atomic mass is 9.99. The topological polar surface area (TPSA) is 3.24 Å². The zero-order valence-electron chi connectivity index (χ0n) is 9.66. The Morgan fingerprint density at radius 2 is 2.07 bits per heavy atom. The highest BCUT2D eigenvalue weighted by atomic mass is 15.1. The standard InChI is InChI=1S/C14H19N/c1-3-6-12(2)15-10-9-13-7-4-5-8-14(13)11-15/h4-8H,3,9-11H2,1-2H3/b12-6+. The molecule has 80 valence electrons. The van der Waals surface area contributed by atoms with Gasteiger partial charge in [-0.25, -0.2) is 0 Å². The van der Waals surface area contributed by atoms with Gasteiger partial charge in [0.05, 0.1) is 0 Å². The highest BCUT2D eigenvalue weighted by Crippen LogP contribution is 2.21. The molecule has 0 bridgehead atoms. The van der Waals surface area contributed by atoms with Gasteiger partial charge in [-0.3, -0.25) is 0 Å². The molecule has 1 aromatic carbocycles. The average Bonchev–Trinajstić information content (AvgIpc) is 2.29. The van der Waals surface area contributed by atoms with Crippen molar-refractivity contribution in [1.82, 2.24) is 4.90 Å². The van der Waals surface area contributed by atoms with Gasteiger partial charge in [-0.1, -0.05) is 37.3 Å². The van der Waals surface area contributed by atoms with Crippen molar-refractivity contribution in [1.29, 1.82) is 0 Å². The van der Waals surface area contributed by atoms with Gasteiger partial charge in [-0.05, 0) is 30.9 Å². The average molecular weight is 201 g/mol. The first-order chi connectivity index (χ1) is 7.31. The summed E-state index contributed by atoms with van der Waals surface area (Å²) in [6, 6.07) is 8.79. The summed E-state index contributed by atoms with van der Waals surface area (Å²) in [5, 5.41) is 0. The van der Waals surface area contributed by atoms with Crippen molar-refractivity contribution in [3.05, 3.63) is 47.2 Å². The normalized spacial score (nSPS) is 16.4. The third-order valence-electron chi connectivity index (χ3n) is 3.13. The van der Waals surface area contributed by atoms with Crippen LogP contribution in [0.5, 0.6) is 0 Å². The van der Waals surface area contributed by atoms with Crippen molar-refractivity contribution < 1.29 is 0 Å². The molecule has 0 aliphatic carbocycles. The second-order valence-electron chi connectivity index (χ2n) is 4.19. The molecule has 0 radical (unpaired) electrons. The van der Waals surface area contributed by atoms with Crippen LogP contribution in [0.25, 0.3) is 0 Å². The summed E-state index contributed by atoms with van der Waals surface area (Å²) >= 11 is 0. The first kappa shape index (κ1) is 10.3. The molecule has 1 heterocycles. The molecule has 0 amide bonds. The Morgan fingerprint density at radius 1 is 1.33 bits per heavy atom. The summed E-state index contributed by atoms with van der Waals surface area (Å²) < 4.78 is 0. The first-order valence-electron chi connectivity index (χ1n) is 5.79. The van der Waals surface area contributed by atoms with Crippen LogP contribution in [0.1, 0.15) is 31.4 Å². The molecule has 0 N–H and O–H groups in total. The van der Waals surface area contributed by atoms with Gasteiger partial charge in [0.25, 0.3) is 0 Å². The number of hydrogen-bond donors (Lipinski definition) is 0. The van der Waals surface area contributed by atoms with E-state index in [0.717, 1.165) is 13.0 Å². The van der Waals surface area contributed by atoms with Crippen LogP contribution in [0.15, 0.2) is 36.0 Å². The number of nitrogens with zero attached hydrogens (tertiary/aromatic N) is 1. The molecule has 1 aromatic rings. The molecular formula is C14H19N. The molecule has 0 aromatic heterocycles. The molecule has 0 saturated heterocycles. The Kier molecular flexibility index (Phi) is 3.10. The van der Waals surface area contributed by atoms with Crippen LogP contribution >= 0.6 is 0 Å². The zero-order valence-corrected chi connectivity index (χ0v) is 9.66. The van der Waals surface area contributed by atoms with Crippen molar-refractivity contribution in [2.45, 2.75) is 33.2 Å². The fourth-order valence-electron chi connectivity index (χ4n) is 2.22. The van der Waals surface area contributed by atoms with E-state index in [1.807, 2.05) is 0 Å². The van der Waals surface area contributed by atoms with Gasteiger partial charge < -0.3 is 4.90 Å². The third kappa shape index (κ3) is 2.23. The molecule has 1 heteroatoms. The Hall–Kier alpha value is -1.24. The summed E-state index contributed by atoms with van der Waals surface area (Å²) in [5.74, 6) is 0. The van der Waals surface area contributed by atoms with Gasteiger partial charge in [0.2, 0.25) is 0 Å². The van der Waals surface area contributed by atoms with E-state index in [1.165, 1.54) is 29.8 Å². The van der Waals surface area contributed by atoms with E-state index >= 15 is 0 Å². The lowest BCUT2D eigenvalue weighted by Crippen LogP contribution is -2.28. The molecule has 0 fully saturated rings. The molecule has 15 heavy (non-hydrogen) atoms. The maximum absolute atomic E-state index is 2.48. The molecule has 0 atom stereocenters. The quantitative estimate of drug-likeness (QED) is 0.709. The predicted molar refractivity (Wildman–Crippen MR) is 64.6 cm³/mol. The van der Waals surface area contributed by atoms with E-state index in [2.05, 4.69) is 49.1 Å². The summed E-state index contributed by atoms with van der Waals surface area (Å²) in [5.41, 5.74) is 4.44. The van der Waals surface area contributed by atoms with Crippen LogP contribution in [0, 0.1) is 0 Å². The molecule has 1 nitrogen and oxygen atoms in total. The minimum atomic E-state index is 1.08.